The highest BCUT2D eigenvalue weighted by molar-refractivity contribution is 5.98. The number of carbonyl (C=O) groups is 2. The molecule has 0 aliphatic rings. The molecular formula is C14H15FN2O3. The third kappa shape index (κ3) is 2.64. The minimum atomic E-state index is -0.965. The van der Waals surface area contributed by atoms with Gasteiger partial charge in [0.2, 0.25) is 0 Å². The second-order valence-corrected chi connectivity index (χ2v) is 4.81. The van der Waals surface area contributed by atoms with Gasteiger partial charge in [-0.05, 0) is 18.2 Å². The molecule has 0 bridgehead atoms. The monoisotopic (exact) mass is 278 g/mol. The second kappa shape index (κ2) is 5.32. The summed E-state index contributed by atoms with van der Waals surface area (Å²) in [4.78, 5) is 27.1. The fourth-order valence-corrected chi connectivity index (χ4v) is 2.01. The second-order valence-electron chi connectivity index (χ2n) is 4.81. The highest BCUT2D eigenvalue weighted by atomic mass is 19.1. The molecule has 0 radical (unpaired) electrons. The van der Waals surface area contributed by atoms with Gasteiger partial charge in [0.25, 0.3) is 5.91 Å². The number of fused-ring (bicyclic) bond motifs is 1. The number of nitrogens with zero attached hydrogens (tertiary/aromatic N) is 1. The van der Waals surface area contributed by atoms with E-state index in [0.29, 0.717) is 10.9 Å². The van der Waals surface area contributed by atoms with Crippen LogP contribution in [0, 0.1) is 11.7 Å². The van der Waals surface area contributed by atoms with Crippen LogP contribution in [-0.2, 0) is 4.79 Å². The van der Waals surface area contributed by atoms with Gasteiger partial charge in [-0.2, -0.15) is 0 Å². The molecule has 0 saturated heterocycles. The topological polar surface area (TPSA) is 73.4 Å². The van der Waals surface area contributed by atoms with Crippen LogP contribution >= 0.6 is 0 Å². The van der Waals surface area contributed by atoms with Crippen LogP contribution in [0.1, 0.15) is 17.4 Å². The van der Waals surface area contributed by atoms with Crippen LogP contribution in [0.15, 0.2) is 24.3 Å². The molecule has 5 nitrogen and oxygen atoms in total. The number of carboxylic acid groups (broad SMARTS) is 1. The lowest BCUT2D eigenvalue weighted by atomic mass is 10.1. The molecule has 2 rings (SSSR count). The Bertz CT molecular complexity index is 665. The molecule has 1 heterocycles. The molecule has 0 fully saturated rings. The quantitative estimate of drug-likeness (QED) is 0.899. The van der Waals surface area contributed by atoms with Gasteiger partial charge >= 0.3 is 5.97 Å². The number of H-pyrrole nitrogens is 1. The minimum Gasteiger partial charge on any atom is -0.481 e. The lowest BCUT2D eigenvalue weighted by Gasteiger charge is -2.18. The van der Waals surface area contributed by atoms with Gasteiger partial charge in [-0.3, -0.25) is 9.59 Å². The van der Waals surface area contributed by atoms with E-state index in [1.54, 1.807) is 12.1 Å². The zero-order chi connectivity index (χ0) is 14.9. The molecule has 1 aromatic carbocycles. The maximum Gasteiger partial charge on any atom is 0.308 e. The predicted molar refractivity (Wildman–Crippen MR) is 72.0 cm³/mol. The Balaban J connectivity index is 2.23. The molecule has 6 heteroatoms. The lowest BCUT2D eigenvalue weighted by molar-refractivity contribution is -0.141. The molecule has 2 N–H and O–H groups in total. The van der Waals surface area contributed by atoms with E-state index in [1.807, 2.05) is 0 Å². The Morgan fingerprint density at radius 3 is 2.75 bits per heavy atom. The Hall–Kier alpha value is -2.37. The number of rotatable bonds is 4. The van der Waals surface area contributed by atoms with Crippen molar-refractivity contribution in [2.24, 2.45) is 5.92 Å². The maximum atomic E-state index is 13.6. The van der Waals surface area contributed by atoms with Gasteiger partial charge in [0.15, 0.2) is 0 Å². The number of carbonyl (C=O) groups excluding carboxylic acids is 1. The summed E-state index contributed by atoms with van der Waals surface area (Å²) in [5.74, 6) is -2.40. The number of hydrogen-bond acceptors (Lipinski definition) is 2. The third-order valence-electron chi connectivity index (χ3n) is 3.16. The van der Waals surface area contributed by atoms with E-state index in [-0.39, 0.29) is 18.1 Å². The molecule has 2 aromatic rings. The summed E-state index contributed by atoms with van der Waals surface area (Å²) in [6.45, 7) is 1.61. The maximum absolute atomic E-state index is 13.6. The molecule has 1 amide bonds. The Labute approximate surface area is 115 Å². The summed E-state index contributed by atoms with van der Waals surface area (Å²) in [5, 5.41) is 9.18. The van der Waals surface area contributed by atoms with Crippen molar-refractivity contribution in [1.82, 2.24) is 9.88 Å². The van der Waals surface area contributed by atoms with Crippen molar-refractivity contribution in [1.29, 1.82) is 0 Å². The molecule has 1 unspecified atom stereocenters. The van der Waals surface area contributed by atoms with Crippen LogP contribution in [0.5, 0.6) is 0 Å². The average molecular weight is 278 g/mol. The largest absolute Gasteiger partial charge is 0.481 e. The van der Waals surface area contributed by atoms with Crippen molar-refractivity contribution < 1.29 is 19.1 Å². The van der Waals surface area contributed by atoms with E-state index in [9.17, 15) is 14.0 Å². The summed E-state index contributed by atoms with van der Waals surface area (Å²) >= 11 is 0. The van der Waals surface area contributed by atoms with Crippen LogP contribution in [0.3, 0.4) is 0 Å². The van der Waals surface area contributed by atoms with Crippen LogP contribution in [-0.4, -0.2) is 40.5 Å². The van der Waals surface area contributed by atoms with Gasteiger partial charge in [-0.15, -0.1) is 0 Å². The van der Waals surface area contributed by atoms with Crippen LogP contribution in [0.2, 0.25) is 0 Å². The number of aromatic nitrogens is 1. The molecule has 106 valence electrons. The number of aliphatic carboxylic acids is 1. The fraction of sp³-hybridized carbons (Fsp3) is 0.286. The van der Waals surface area contributed by atoms with Crippen molar-refractivity contribution in [2.75, 3.05) is 13.6 Å². The average Bonchev–Trinajstić information content (AvgIpc) is 2.83. The summed E-state index contributed by atoms with van der Waals surface area (Å²) in [6.07, 6.45) is 0. The fourth-order valence-electron chi connectivity index (χ4n) is 2.01. The molecule has 0 saturated carbocycles. The SMILES string of the molecule is CC(CN(C)C(=O)c1cc2c(F)cccc2[nH]1)C(=O)O. The molecule has 20 heavy (non-hydrogen) atoms. The van der Waals surface area contributed by atoms with Gasteiger partial charge in [0.1, 0.15) is 11.5 Å². The molecular weight excluding hydrogens is 263 g/mol. The summed E-state index contributed by atoms with van der Waals surface area (Å²) in [6, 6.07) is 5.99. The van der Waals surface area contributed by atoms with Crippen LogP contribution in [0.4, 0.5) is 4.39 Å². The third-order valence-corrected chi connectivity index (χ3v) is 3.16. The molecule has 0 aliphatic heterocycles. The highest BCUT2D eigenvalue weighted by Gasteiger charge is 2.20. The van der Waals surface area contributed by atoms with E-state index in [4.69, 9.17) is 5.11 Å². The molecule has 0 spiro atoms. The number of hydrogen-bond donors (Lipinski definition) is 2. The first kappa shape index (κ1) is 14.0. The Kier molecular flexibility index (Phi) is 3.74. The predicted octanol–water partition coefficient (Wildman–Crippen LogP) is 2.10. The van der Waals surface area contributed by atoms with E-state index in [1.165, 1.54) is 31.0 Å². The number of carboxylic acids is 1. The Morgan fingerprint density at radius 2 is 2.15 bits per heavy atom. The van der Waals surface area contributed by atoms with Crippen LogP contribution < -0.4 is 0 Å². The highest BCUT2D eigenvalue weighted by Crippen LogP contribution is 2.19. The zero-order valence-corrected chi connectivity index (χ0v) is 11.2. The summed E-state index contributed by atoms with van der Waals surface area (Å²) < 4.78 is 13.6. The smallest absolute Gasteiger partial charge is 0.308 e. The van der Waals surface area contributed by atoms with Gasteiger partial charge < -0.3 is 15.0 Å². The zero-order valence-electron chi connectivity index (χ0n) is 11.2. The number of amides is 1. The standard InChI is InChI=1S/C14H15FN2O3/c1-8(14(19)20)7-17(2)13(18)12-6-9-10(15)4-3-5-11(9)16-12/h3-6,8,16H,7H2,1-2H3,(H,19,20). The van der Waals surface area contributed by atoms with Gasteiger partial charge in [-0.25, -0.2) is 4.39 Å². The van der Waals surface area contributed by atoms with Gasteiger partial charge in [0.05, 0.1) is 5.92 Å². The van der Waals surface area contributed by atoms with Crippen molar-refractivity contribution >= 4 is 22.8 Å². The van der Waals surface area contributed by atoms with Crippen LogP contribution in [0.25, 0.3) is 10.9 Å². The van der Waals surface area contributed by atoms with E-state index >= 15 is 0 Å². The van der Waals surface area contributed by atoms with Gasteiger partial charge in [0, 0.05) is 24.5 Å². The number of benzene rings is 1. The number of aromatic amines is 1. The summed E-state index contributed by atoms with van der Waals surface area (Å²) in [5.41, 5.74) is 0.776. The number of nitrogens with one attached hydrogen (secondary N) is 1. The van der Waals surface area contributed by atoms with Gasteiger partial charge in [-0.1, -0.05) is 13.0 Å². The van der Waals surface area contributed by atoms with E-state index in [0.717, 1.165) is 0 Å². The molecule has 0 aliphatic carbocycles. The first-order valence-corrected chi connectivity index (χ1v) is 6.15. The van der Waals surface area contributed by atoms with Crippen molar-refractivity contribution in [3.63, 3.8) is 0 Å². The first-order valence-electron chi connectivity index (χ1n) is 6.15. The minimum absolute atomic E-state index is 0.0893. The Morgan fingerprint density at radius 1 is 1.45 bits per heavy atom. The van der Waals surface area contributed by atoms with Crippen molar-refractivity contribution in [2.45, 2.75) is 6.92 Å². The molecule has 1 atom stereocenters. The lowest BCUT2D eigenvalue weighted by Crippen LogP contribution is -2.33. The van der Waals surface area contributed by atoms with Crippen molar-refractivity contribution in [3.05, 3.63) is 35.8 Å². The van der Waals surface area contributed by atoms with E-state index in [2.05, 4.69) is 4.98 Å². The molecule has 1 aromatic heterocycles. The normalized spacial score (nSPS) is 12.3. The summed E-state index contributed by atoms with van der Waals surface area (Å²) in [7, 11) is 1.52. The van der Waals surface area contributed by atoms with E-state index < -0.39 is 17.7 Å². The van der Waals surface area contributed by atoms with Crippen molar-refractivity contribution in [3.8, 4) is 0 Å². The number of halogens is 1. The first-order chi connectivity index (χ1) is 9.40.